The highest BCUT2D eigenvalue weighted by molar-refractivity contribution is 7.89. The molecule has 0 aromatic heterocycles. The zero-order valence-electron chi connectivity index (χ0n) is 15.7. The Hall–Kier alpha value is -1.51. The lowest BCUT2D eigenvalue weighted by atomic mass is 10.1. The summed E-state index contributed by atoms with van der Waals surface area (Å²) in [7, 11) is -3.82. The Morgan fingerprint density at radius 2 is 1.56 bits per heavy atom. The van der Waals surface area contributed by atoms with Crippen LogP contribution in [0.25, 0.3) is 0 Å². The topological polar surface area (TPSA) is 62.1 Å². The van der Waals surface area contributed by atoms with E-state index in [0.717, 1.165) is 36.9 Å². The quantitative estimate of drug-likeness (QED) is 0.804. The van der Waals surface area contributed by atoms with E-state index >= 15 is 0 Å². The molecule has 150 valence electrons. The van der Waals surface area contributed by atoms with Crippen molar-refractivity contribution in [3.05, 3.63) is 30.1 Å². The minimum absolute atomic E-state index is 0.164. The lowest BCUT2D eigenvalue weighted by Crippen LogP contribution is -3.15. The van der Waals surface area contributed by atoms with Crippen LogP contribution in [-0.2, 0) is 14.8 Å². The third-order valence-electron chi connectivity index (χ3n) is 5.49. The van der Waals surface area contributed by atoms with Gasteiger partial charge in [-0.1, -0.05) is 31.4 Å². The molecule has 0 radical (unpaired) electrons. The molecule has 0 unspecified atom stereocenters. The van der Waals surface area contributed by atoms with E-state index in [1.54, 1.807) is 0 Å². The molecule has 0 saturated carbocycles. The average molecular weight is 399 g/mol. The van der Waals surface area contributed by atoms with Gasteiger partial charge in [0.2, 0.25) is 10.0 Å². The van der Waals surface area contributed by atoms with E-state index < -0.39 is 15.8 Å². The number of halogens is 1. The van der Waals surface area contributed by atoms with Crippen molar-refractivity contribution in [2.45, 2.75) is 37.0 Å². The van der Waals surface area contributed by atoms with Gasteiger partial charge in [0.05, 0.1) is 26.2 Å². The number of hydrogen-bond acceptors (Lipinski definition) is 3. The number of carbonyl (C=O) groups is 1. The number of quaternary nitrogens is 1. The molecule has 0 atom stereocenters. The number of hydrogen-bond donors (Lipinski definition) is 1. The second-order valence-corrected chi connectivity index (χ2v) is 9.32. The van der Waals surface area contributed by atoms with Crippen LogP contribution in [0.4, 0.5) is 4.39 Å². The molecular weight excluding hydrogens is 369 g/mol. The monoisotopic (exact) mass is 398 g/mol. The minimum atomic E-state index is -3.82. The maximum absolute atomic E-state index is 13.9. The molecule has 2 fully saturated rings. The van der Waals surface area contributed by atoms with Crippen molar-refractivity contribution in [2.24, 2.45) is 0 Å². The highest BCUT2D eigenvalue weighted by Gasteiger charge is 2.33. The zero-order chi connectivity index (χ0) is 19.3. The summed E-state index contributed by atoms with van der Waals surface area (Å²) < 4.78 is 40.5. The molecule has 2 heterocycles. The van der Waals surface area contributed by atoms with E-state index in [-0.39, 0.29) is 10.8 Å². The fourth-order valence-electron chi connectivity index (χ4n) is 3.84. The summed E-state index contributed by atoms with van der Waals surface area (Å²) in [5, 5.41) is 0. The molecule has 1 aromatic rings. The standard InChI is InChI=1S/C19H28FN3O3S/c20-17-8-4-5-9-18(17)27(25,26)23-14-12-21(13-15-23)16-19(24)22-10-6-2-1-3-7-11-22/h4-5,8-9H,1-3,6-7,10-16H2/p+1. The first-order chi connectivity index (χ1) is 13.0. The molecule has 27 heavy (non-hydrogen) atoms. The third kappa shape index (κ3) is 5.06. The smallest absolute Gasteiger partial charge is 0.277 e. The number of nitrogens with one attached hydrogen (secondary N) is 1. The van der Waals surface area contributed by atoms with Crippen molar-refractivity contribution in [3.8, 4) is 0 Å². The van der Waals surface area contributed by atoms with Crippen LogP contribution < -0.4 is 4.90 Å². The molecule has 3 rings (SSSR count). The highest BCUT2D eigenvalue weighted by Crippen LogP contribution is 2.18. The van der Waals surface area contributed by atoms with Crippen molar-refractivity contribution < 1.29 is 22.5 Å². The molecule has 6 nitrogen and oxygen atoms in total. The molecule has 1 amide bonds. The molecule has 8 heteroatoms. The molecule has 1 N–H and O–H groups in total. The van der Waals surface area contributed by atoms with Crippen LogP contribution in [0.2, 0.25) is 0 Å². The predicted octanol–water partition coefficient (Wildman–Crippen LogP) is 0.508. The van der Waals surface area contributed by atoms with Gasteiger partial charge in [0.15, 0.2) is 6.54 Å². The van der Waals surface area contributed by atoms with Gasteiger partial charge in [-0.15, -0.1) is 0 Å². The Labute approximate surface area is 161 Å². The van der Waals surface area contributed by atoms with Crippen LogP contribution in [-0.4, -0.2) is 69.3 Å². The summed E-state index contributed by atoms with van der Waals surface area (Å²) in [6, 6.07) is 5.47. The number of amides is 1. The molecule has 2 aliphatic rings. The van der Waals surface area contributed by atoms with Crippen LogP contribution in [0.15, 0.2) is 29.2 Å². The Morgan fingerprint density at radius 1 is 0.963 bits per heavy atom. The van der Waals surface area contributed by atoms with Gasteiger partial charge in [-0.05, 0) is 25.0 Å². The van der Waals surface area contributed by atoms with Crippen LogP contribution in [0.5, 0.6) is 0 Å². The normalized spacial score (nSPS) is 20.9. The number of likely N-dealkylation sites (tertiary alicyclic amines) is 1. The van der Waals surface area contributed by atoms with E-state index in [0.29, 0.717) is 32.7 Å². The Balaban J connectivity index is 1.54. The molecule has 1 aromatic carbocycles. The van der Waals surface area contributed by atoms with Gasteiger partial charge in [-0.2, -0.15) is 4.31 Å². The van der Waals surface area contributed by atoms with Crippen LogP contribution in [0.3, 0.4) is 0 Å². The second-order valence-electron chi connectivity index (χ2n) is 7.41. The third-order valence-corrected chi connectivity index (χ3v) is 7.43. The van der Waals surface area contributed by atoms with Gasteiger partial charge in [-0.3, -0.25) is 4.79 Å². The molecule has 0 bridgehead atoms. The molecule has 2 aliphatic heterocycles. The van der Waals surface area contributed by atoms with E-state index in [9.17, 15) is 17.6 Å². The van der Waals surface area contributed by atoms with Gasteiger partial charge in [0, 0.05) is 13.1 Å². The maximum Gasteiger partial charge on any atom is 0.277 e. The molecular formula is C19H29FN3O3S+. The van der Waals surface area contributed by atoms with E-state index in [1.807, 2.05) is 4.90 Å². The second kappa shape index (κ2) is 9.12. The van der Waals surface area contributed by atoms with E-state index in [1.165, 1.54) is 41.8 Å². The SMILES string of the molecule is O=C(C[NH+]1CCN(S(=O)(=O)c2ccccc2F)CC1)N1CCCCCCC1. The Bertz CT molecular complexity index is 740. The van der Waals surface area contributed by atoms with Crippen molar-refractivity contribution in [2.75, 3.05) is 45.8 Å². The van der Waals surface area contributed by atoms with E-state index in [4.69, 9.17) is 0 Å². The van der Waals surface area contributed by atoms with Crippen LogP contribution >= 0.6 is 0 Å². The Kier molecular flexibility index (Phi) is 6.83. The van der Waals surface area contributed by atoms with Crippen molar-refractivity contribution in [3.63, 3.8) is 0 Å². The van der Waals surface area contributed by atoms with Gasteiger partial charge in [0.1, 0.15) is 10.7 Å². The lowest BCUT2D eigenvalue weighted by Gasteiger charge is -2.32. The fraction of sp³-hybridized carbons (Fsp3) is 0.632. The number of piperazine rings is 1. The van der Waals surface area contributed by atoms with Crippen LogP contribution in [0, 0.1) is 5.82 Å². The van der Waals surface area contributed by atoms with Gasteiger partial charge < -0.3 is 9.80 Å². The maximum atomic E-state index is 13.9. The van der Waals surface area contributed by atoms with Gasteiger partial charge in [0.25, 0.3) is 5.91 Å². The van der Waals surface area contributed by atoms with Crippen LogP contribution in [0.1, 0.15) is 32.1 Å². The molecule has 0 aliphatic carbocycles. The lowest BCUT2D eigenvalue weighted by molar-refractivity contribution is -0.896. The number of nitrogens with zero attached hydrogens (tertiary/aromatic N) is 2. The molecule has 2 saturated heterocycles. The number of sulfonamides is 1. The van der Waals surface area contributed by atoms with Gasteiger partial charge in [-0.25, -0.2) is 12.8 Å². The summed E-state index contributed by atoms with van der Waals surface area (Å²) in [6.45, 7) is 3.81. The first kappa shape index (κ1) is 20.2. The number of benzene rings is 1. The largest absolute Gasteiger partial charge is 0.338 e. The van der Waals surface area contributed by atoms with Crippen molar-refractivity contribution in [1.29, 1.82) is 0 Å². The molecule has 0 spiro atoms. The van der Waals surface area contributed by atoms with E-state index in [2.05, 4.69) is 0 Å². The fourth-order valence-corrected chi connectivity index (χ4v) is 5.34. The zero-order valence-corrected chi connectivity index (χ0v) is 16.5. The summed E-state index contributed by atoms with van der Waals surface area (Å²) >= 11 is 0. The number of carbonyl (C=O) groups excluding carboxylic acids is 1. The first-order valence-corrected chi connectivity index (χ1v) is 11.3. The van der Waals surface area contributed by atoms with Gasteiger partial charge >= 0.3 is 0 Å². The number of rotatable bonds is 4. The highest BCUT2D eigenvalue weighted by atomic mass is 32.2. The van der Waals surface area contributed by atoms with Crippen molar-refractivity contribution in [1.82, 2.24) is 9.21 Å². The summed E-state index contributed by atoms with van der Waals surface area (Å²) in [4.78, 5) is 15.4. The first-order valence-electron chi connectivity index (χ1n) is 9.84. The Morgan fingerprint density at radius 3 is 2.19 bits per heavy atom. The average Bonchev–Trinajstić information content (AvgIpc) is 2.62. The van der Waals surface area contributed by atoms with Crippen molar-refractivity contribution >= 4 is 15.9 Å². The summed E-state index contributed by atoms with van der Waals surface area (Å²) in [5.74, 6) is -0.558. The summed E-state index contributed by atoms with van der Waals surface area (Å²) in [6.07, 6.45) is 5.75. The predicted molar refractivity (Wildman–Crippen MR) is 100 cm³/mol. The minimum Gasteiger partial charge on any atom is -0.338 e. The summed E-state index contributed by atoms with van der Waals surface area (Å²) in [5.41, 5.74) is 0.